The van der Waals surface area contributed by atoms with Gasteiger partial charge in [-0.1, -0.05) is 42.5 Å². The van der Waals surface area contributed by atoms with Gasteiger partial charge >= 0.3 is 6.09 Å². The number of nitrogens with zero attached hydrogens (tertiary/aromatic N) is 1. The van der Waals surface area contributed by atoms with E-state index >= 15 is 0 Å². The van der Waals surface area contributed by atoms with Crippen LogP contribution in [0.25, 0.3) is 0 Å². The van der Waals surface area contributed by atoms with Crippen LogP contribution in [-0.4, -0.2) is 41.1 Å². The fourth-order valence-corrected chi connectivity index (χ4v) is 3.31. The summed E-state index contributed by atoms with van der Waals surface area (Å²) < 4.78 is 0. The van der Waals surface area contributed by atoms with Gasteiger partial charge < -0.3 is 15.3 Å². The van der Waals surface area contributed by atoms with Gasteiger partial charge in [-0.2, -0.15) is 0 Å². The molecule has 1 aliphatic rings. The van der Waals surface area contributed by atoms with Crippen LogP contribution < -0.4 is 10.6 Å². The molecule has 26 heavy (non-hydrogen) atoms. The SMILES string of the molecule is O=C(O)Nc1ccccc1C(=O)N(Cc1ccccc1)C1CCNCC1. The van der Waals surface area contributed by atoms with Crippen molar-refractivity contribution in [2.45, 2.75) is 25.4 Å². The van der Waals surface area contributed by atoms with Crippen LogP contribution in [0.4, 0.5) is 10.5 Å². The molecule has 2 aromatic rings. The highest BCUT2D eigenvalue weighted by molar-refractivity contribution is 6.02. The highest BCUT2D eigenvalue weighted by Gasteiger charge is 2.27. The smallest absolute Gasteiger partial charge is 0.409 e. The Bertz CT molecular complexity index is 758. The average molecular weight is 353 g/mol. The van der Waals surface area contributed by atoms with Gasteiger partial charge in [0.05, 0.1) is 11.3 Å². The van der Waals surface area contributed by atoms with Crippen LogP contribution >= 0.6 is 0 Å². The Morgan fingerprint density at radius 1 is 1.04 bits per heavy atom. The molecular formula is C20H23N3O3. The van der Waals surface area contributed by atoms with Gasteiger partial charge in [-0.05, 0) is 43.6 Å². The number of carbonyl (C=O) groups is 2. The van der Waals surface area contributed by atoms with Crippen molar-refractivity contribution in [1.82, 2.24) is 10.2 Å². The molecule has 6 nitrogen and oxygen atoms in total. The molecule has 0 atom stereocenters. The van der Waals surface area contributed by atoms with E-state index in [1.54, 1.807) is 24.3 Å². The molecule has 6 heteroatoms. The van der Waals surface area contributed by atoms with Crippen LogP contribution in [0.2, 0.25) is 0 Å². The van der Waals surface area contributed by atoms with E-state index < -0.39 is 6.09 Å². The molecule has 2 amide bonds. The molecule has 0 unspecified atom stereocenters. The predicted octanol–water partition coefficient (Wildman–Crippen LogP) is 3.17. The summed E-state index contributed by atoms with van der Waals surface area (Å²) in [5.41, 5.74) is 1.75. The minimum absolute atomic E-state index is 0.127. The summed E-state index contributed by atoms with van der Waals surface area (Å²) >= 11 is 0. The zero-order valence-electron chi connectivity index (χ0n) is 14.5. The first-order valence-corrected chi connectivity index (χ1v) is 8.80. The third-order valence-corrected chi connectivity index (χ3v) is 4.61. The molecule has 0 bridgehead atoms. The minimum Gasteiger partial charge on any atom is -0.465 e. The quantitative estimate of drug-likeness (QED) is 0.771. The lowest BCUT2D eigenvalue weighted by atomic mass is 10.0. The van der Waals surface area contributed by atoms with Gasteiger partial charge in [0.15, 0.2) is 0 Å². The average Bonchev–Trinajstić information content (AvgIpc) is 2.67. The van der Waals surface area contributed by atoms with Gasteiger partial charge in [-0.3, -0.25) is 10.1 Å². The molecule has 0 radical (unpaired) electrons. The number of hydrogen-bond donors (Lipinski definition) is 3. The van der Waals surface area contributed by atoms with Crippen LogP contribution in [0, 0.1) is 0 Å². The second kappa shape index (κ2) is 8.49. The fraction of sp³-hybridized carbons (Fsp3) is 0.300. The summed E-state index contributed by atoms with van der Waals surface area (Å²) in [6, 6.07) is 16.8. The monoisotopic (exact) mass is 353 g/mol. The maximum absolute atomic E-state index is 13.3. The van der Waals surface area contributed by atoms with Crippen molar-refractivity contribution in [1.29, 1.82) is 0 Å². The van der Waals surface area contributed by atoms with Gasteiger partial charge in [-0.15, -0.1) is 0 Å². The lowest BCUT2D eigenvalue weighted by molar-refractivity contribution is 0.0624. The zero-order valence-corrected chi connectivity index (χ0v) is 14.5. The first-order valence-electron chi connectivity index (χ1n) is 8.80. The summed E-state index contributed by atoms with van der Waals surface area (Å²) in [7, 11) is 0. The summed E-state index contributed by atoms with van der Waals surface area (Å²) in [5.74, 6) is -0.148. The maximum atomic E-state index is 13.3. The Balaban J connectivity index is 1.90. The number of carboxylic acid groups (broad SMARTS) is 1. The lowest BCUT2D eigenvalue weighted by Crippen LogP contribution is -2.46. The minimum atomic E-state index is -1.18. The second-order valence-electron chi connectivity index (χ2n) is 6.38. The lowest BCUT2D eigenvalue weighted by Gasteiger charge is -2.35. The first-order chi connectivity index (χ1) is 12.6. The Morgan fingerprint density at radius 3 is 2.38 bits per heavy atom. The van der Waals surface area contributed by atoms with E-state index in [9.17, 15) is 9.59 Å². The third kappa shape index (κ3) is 4.40. The number of hydrogen-bond acceptors (Lipinski definition) is 3. The first kappa shape index (κ1) is 17.9. The van der Waals surface area contributed by atoms with E-state index in [-0.39, 0.29) is 11.9 Å². The molecule has 0 aliphatic carbocycles. The predicted molar refractivity (Wildman–Crippen MR) is 100 cm³/mol. The van der Waals surface area contributed by atoms with Gasteiger partial charge in [-0.25, -0.2) is 4.79 Å². The summed E-state index contributed by atoms with van der Waals surface area (Å²) in [4.78, 5) is 26.3. The fourth-order valence-electron chi connectivity index (χ4n) is 3.31. The zero-order chi connectivity index (χ0) is 18.4. The number of benzene rings is 2. The van der Waals surface area contributed by atoms with Crippen LogP contribution in [-0.2, 0) is 6.54 Å². The Labute approximate surface area is 152 Å². The van der Waals surface area contributed by atoms with E-state index in [1.807, 2.05) is 35.2 Å². The van der Waals surface area contributed by atoms with Crippen molar-refractivity contribution in [2.75, 3.05) is 18.4 Å². The van der Waals surface area contributed by atoms with Gasteiger partial charge in [0.25, 0.3) is 5.91 Å². The largest absolute Gasteiger partial charge is 0.465 e. The normalized spacial score (nSPS) is 14.6. The molecule has 3 rings (SSSR count). The molecule has 0 saturated carbocycles. The summed E-state index contributed by atoms with van der Waals surface area (Å²) in [6.45, 7) is 2.25. The summed E-state index contributed by atoms with van der Waals surface area (Å²) in [5, 5.41) is 14.7. The van der Waals surface area contributed by atoms with E-state index in [0.717, 1.165) is 31.5 Å². The standard InChI is InChI=1S/C20H23N3O3/c24-19(17-8-4-5-9-18(17)22-20(25)26)23(16-10-12-21-13-11-16)14-15-6-2-1-3-7-15/h1-9,16,21-22H,10-14H2,(H,25,26). The molecule has 136 valence electrons. The van der Waals surface area contributed by atoms with E-state index in [2.05, 4.69) is 10.6 Å². The number of rotatable bonds is 5. The van der Waals surface area contributed by atoms with Crippen molar-refractivity contribution in [3.8, 4) is 0 Å². The Hall–Kier alpha value is -2.86. The van der Waals surface area contributed by atoms with Gasteiger partial charge in [0, 0.05) is 12.6 Å². The van der Waals surface area contributed by atoms with Crippen molar-refractivity contribution in [3.05, 3.63) is 65.7 Å². The molecule has 1 heterocycles. The van der Waals surface area contributed by atoms with Crippen molar-refractivity contribution in [2.24, 2.45) is 0 Å². The van der Waals surface area contributed by atoms with Crippen LogP contribution in [0.5, 0.6) is 0 Å². The Morgan fingerprint density at radius 2 is 1.69 bits per heavy atom. The summed E-state index contributed by atoms with van der Waals surface area (Å²) in [6.07, 6.45) is 0.585. The Kier molecular flexibility index (Phi) is 5.86. The molecule has 1 fully saturated rings. The number of nitrogens with one attached hydrogen (secondary N) is 2. The molecule has 0 spiro atoms. The number of para-hydroxylation sites is 1. The van der Waals surface area contributed by atoms with Gasteiger partial charge in [0.2, 0.25) is 0 Å². The van der Waals surface area contributed by atoms with Crippen molar-refractivity contribution >= 4 is 17.7 Å². The highest BCUT2D eigenvalue weighted by Crippen LogP contribution is 2.23. The molecule has 3 N–H and O–H groups in total. The van der Waals surface area contributed by atoms with E-state index in [1.165, 1.54) is 0 Å². The van der Waals surface area contributed by atoms with Gasteiger partial charge in [0.1, 0.15) is 0 Å². The van der Waals surface area contributed by atoms with Crippen molar-refractivity contribution < 1.29 is 14.7 Å². The van der Waals surface area contributed by atoms with Crippen LogP contribution in [0.1, 0.15) is 28.8 Å². The molecule has 0 aromatic heterocycles. The molecule has 2 aromatic carbocycles. The van der Waals surface area contributed by atoms with Crippen LogP contribution in [0.3, 0.4) is 0 Å². The van der Waals surface area contributed by atoms with E-state index in [0.29, 0.717) is 17.8 Å². The molecule has 1 aliphatic heterocycles. The second-order valence-corrected chi connectivity index (χ2v) is 6.38. The van der Waals surface area contributed by atoms with E-state index in [4.69, 9.17) is 5.11 Å². The number of carbonyl (C=O) groups excluding carboxylic acids is 1. The maximum Gasteiger partial charge on any atom is 0.409 e. The highest BCUT2D eigenvalue weighted by atomic mass is 16.4. The van der Waals surface area contributed by atoms with Crippen LogP contribution in [0.15, 0.2) is 54.6 Å². The topological polar surface area (TPSA) is 81.7 Å². The third-order valence-electron chi connectivity index (χ3n) is 4.61. The van der Waals surface area contributed by atoms with Crippen molar-refractivity contribution in [3.63, 3.8) is 0 Å². The molecular weight excluding hydrogens is 330 g/mol. The number of amides is 2. The number of anilines is 1. The number of piperidine rings is 1. The molecule has 1 saturated heterocycles.